The molecule has 1 N–H and O–H groups in total. The van der Waals surface area contributed by atoms with Crippen LogP contribution in [0.15, 0.2) is 46.3 Å². The van der Waals surface area contributed by atoms with Crippen LogP contribution in [-0.2, 0) is 0 Å². The van der Waals surface area contributed by atoms with Crippen molar-refractivity contribution in [2.75, 3.05) is 5.32 Å². The van der Waals surface area contributed by atoms with Gasteiger partial charge in [0, 0.05) is 0 Å². The summed E-state index contributed by atoms with van der Waals surface area (Å²) in [5.41, 5.74) is 0.615. The van der Waals surface area contributed by atoms with Crippen LogP contribution in [0.1, 0.15) is 0 Å². The van der Waals surface area contributed by atoms with Gasteiger partial charge in [0.25, 0.3) is 0 Å². The SMILES string of the molecule is O=C(Nc1noc2ccccc12)Oc1cccs1. The molecule has 0 radical (unpaired) electrons. The molecule has 5 nitrogen and oxygen atoms in total. The minimum atomic E-state index is -0.587. The van der Waals surface area contributed by atoms with Crippen molar-refractivity contribution in [3.8, 4) is 5.06 Å². The highest BCUT2D eigenvalue weighted by atomic mass is 32.1. The second kappa shape index (κ2) is 4.50. The molecule has 3 rings (SSSR count). The lowest BCUT2D eigenvalue weighted by atomic mass is 10.2. The van der Waals surface area contributed by atoms with Crippen LogP contribution in [0.5, 0.6) is 5.06 Å². The number of thiophene rings is 1. The van der Waals surface area contributed by atoms with Crippen LogP contribution in [0.3, 0.4) is 0 Å². The van der Waals surface area contributed by atoms with Crippen molar-refractivity contribution in [2.24, 2.45) is 0 Å². The predicted octanol–water partition coefficient (Wildman–Crippen LogP) is 3.50. The van der Waals surface area contributed by atoms with Gasteiger partial charge in [0.2, 0.25) is 0 Å². The maximum Gasteiger partial charge on any atom is 0.419 e. The molecule has 90 valence electrons. The van der Waals surface area contributed by atoms with E-state index in [9.17, 15) is 4.79 Å². The molecular formula is C12H8N2O3S. The van der Waals surface area contributed by atoms with Crippen molar-refractivity contribution in [1.82, 2.24) is 5.16 Å². The van der Waals surface area contributed by atoms with Gasteiger partial charge in [-0.15, -0.1) is 11.3 Å². The Bertz CT molecular complexity index is 676. The van der Waals surface area contributed by atoms with E-state index in [-0.39, 0.29) is 0 Å². The lowest BCUT2D eigenvalue weighted by Gasteiger charge is -2.01. The molecule has 0 fully saturated rings. The first-order valence-corrected chi connectivity index (χ1v) is 6.07. The highest BCUT2D eigenvalue weighted by Gasteiger charge is 2.12. The summed E-state index contributed by atoms with van der Waals surface area (Å²) in [6.07, 6.45) is -0.587. The number of ether oxygens (including phenoxy) is 1. The number of carbonyl (C=O) groups excluding carboxylic acids is 1. The topological polar surface area (TPSA) is 64.4 Å². The second-order valence-corrected chi connectivity index (χ2v) is 4.38. The third kappa shape index (κ3) is 2.05. The van der Waals surface area contributed by atoms with E-state index >= 15 is 0 Å². The molecule has 6 heteroatoms. The maximum absolute atomic E-state index is 11.6. The number of hydrogen-bond donors (Lipinski definition) is 1. The fourth-order valence-electron chi connectivity index (χ4n) is 1.51. The molecule has 0 aliphatic carbocycles. The van der Waals surface area contributed by atoms with E-state index in [0.717, 1.165) is 5.39 Å². The molecule has 1 aromatic carbocycles. The fraction of sp³-hybridized carbons (Fsp3) is 0. The van der Waals surface area contributed by atoms with E-state index in [2.05, 4.69) is 10.5 Å². The average molecular weight is 260 g/mol. The van der Waals surface area contributed by atoms with Gasteiger partial charge < -0.3 is 9.26 Å². The number of nitrogens with one attached hydrogen (secondary N) is 1. The number of rotatable bonds is 2. The molecule has 0 atom stereocenters. The highest BCUT2D eigenvalue weighted by molar-refractivity contribution is 7.11. The normalized spacial score (nSPS) is 10.4. The zero-order chi connectivity index (χ0) is 12.4. The van der Waals surface area contributed by atoms with Crippen LogP contribution in [0.4, 0.5) is 10.6 Å². The summed E-state index contributed by atoms with van der Waals surface area (Å²) in [5, 5.41) is 9.42. The van der Waals surface area contributed by atoms with Gasteiger partial charge in [-0.3, -0.25) is 5.32 Å². The maximum atomic E-state index is 11.6. The largest absolute Gasteiger partial charge is 0.419 e. The first-order valence-electron chi connectivity index (χ1n) is 5.20. The van der Waals surface area contributed by atoms with Crippen molar-refractivity contribution >= 4 is 34.2 Å². The molecule has 18 heavy (non-hydrogen) atoms. The zero-order valence-corrected chi connectivity index (χ0v) is 9.94. The first kappa shape index (κ1) is 10.8. The van der Waals surface area contributed by atoms with Crippen LogP contribution in [0.2, 0.25) is 0 Å². The number of anilines is 1. The molecule has 0 unspecified atom stereocenters. The average Bonchev–Trinajstić information content (AvgIpc) is 3.00. The van der Waals surface area contributed by atoms with Crippen molar-refractivity contribution in [3.63, 3.8) is 0 Å². The summed E-state index contributed by atoms with van der Waals surface area (Å²) in [6, 6.07) is 10.8. The van der Waals surface area contributed by atoms with Gasteiger partial charge in [-0.1, -0.05) is 17.3 Å². The van der Waals surface area contributed by atoms with E-state index in [1.54, 1.807) is 18.2 Å². The number of para-hydroxylation sites is 1. The Labute approximate surface area is 106 Å². The highest BCUT2D eigenvalue weighted by Crippen LogP contribution is 2.23. The van der Waals surface area contributed by atoms with Gasteiger partial charge in [-0.25, -0.2) is 4.79 Å². The lowest BCUT2D eigenvalue weighted by Crippen LogP contribution is -2.16. The minimum absolute atomic E-state index is 0.354. The van der Waals surface area contributed by atoms with Gasteiger partial charge in [-0.05, 0) is 29.6 Å². The quantitative estimate of drug-likeness (QED) is 0.765. The summed E-state index contributed by atoms with van der Waals surface area (Å²) < 4.78 is 10.1. The summed E-state index contributed by atoms with van der Waals surface area (Å²) in [4.78, 5) is 11.6. The molecule has 2 aromatic heterocycles. The fourth-order valence-corrected chi connectivity index (χ4v) is 2.08. The van der Waals surface area contributed by atoms with Gasteiger partial charge in [0.05, 0.1) is 5.39 Å². The van der Waals surface area contributed by atoms with Crippen LogP contribution >= 0.6 is 11.3 Å². The van der Waals surface area contributed by atoms with E-state index in [1.165, 1.54) is 11.3 Å². The van der Waals surface area contributed by atoms with Crippen LogP contribution in [0, 0.1) is 0 Å². The third-order valence-corrected chi connectivity index (χ3v) is 3.03. The molecule has 3 aromatic rings. The monoisotopic (exact) mass is 260 g/mol. The summed E-state index contributed by atoms with van der Waals surface area (Å²) in [7, 11) is 0. The number of hydrogen-bond acceptors (Lipinski definition) is 5. The van der Waals surface area contributed by atoms with Crippen molar-refractivity contribution in [2.45, 2.75) is 0 Å². The minimum Gasteiger partial charge on any atom is -0.399 e. The van der Waals surface area contributed by atoms with Gasteiger partial charge in [0.15, 0.2) is 16.5 Å². The Morgan fingerprint density at radius 2 is 2.17 bits per heavy atom. The van der Waals surface area contributed by atoms with E-state index < -0.39 is 6.09 Å². The number of nitrogens with zero attached hydrogens (tertiary/aromatic N) is 1. The number of benzene rings is 1. The molecule has 0 saturated heterocycles. The second-order valence-electron chi connectivity index (χ2n) is 3.47. The smallest absolute Gasteiger partial charge is 0.399 e. The molecule has 0 bridgehead atoms. The number of fused-ring (bicyclic) bond motifs is 1. The lowest BCUT2D eigenvalue weighted by molar-refractivity contribution is 0.216. The Hall–Kier alpha value is -2.34. The molecule has 0 saturated carbocycles. The van der Waals surface area contributed by atoms with E-state index in [4.69, 9.17) is 9.26 Å². The molecule has 0 aliphatic heterocycles. The summed E-state index contributed by atoms with van der Waals surface area (Å²) in [5.74, 6) is 0.354. The van der Waals surface area contributed by atoms with Crippen LogP contribution in [-0.4, -0.2) is 11.2 Å². The molecule has 0 aliphatic rings. The zero-order valence-electron chi connectivity index (χ0n) is 9.12. The van der Waals surface area contributed by atoms with Gasteiger partial charge >= 0.3 is 6.09 Å². The predicted molar refractivity (Wildman–Crippen MR) is 68.0 cm³/mol. The number of amides is 1. The standard InChI is InChI=1S/C12H8N2O3S/c15-12(16-10-6-3-7-18-10)13-11-8-4-1-2-5-9(8)17-14-11/h1-7H,(H,13,14,15). The summed E-state index contributed by atoms with van der Waals surface area (Å²) in [6.45, 7) is 0. The van der Waals surface area contributed by atoms with Crippen LogP contribution in [0.25, 0.3) is 11.0 Å². The molecular weight excluding hydrogens is 252 g/mol. The van der Waals surface area contributed by atoms with Crippen molar-refractivity contribution < 1.29 is 14.1 Å². The Morgan fingerprint density at radius 3 is 3.00 bits per heavy atom. The van der Waals surface area contributed by atoms with E-state index in [1.807, 2.05) is 23.6 Å². The van der Waals surface area contributed by atoms with Gasteiger partial charge in [0.1, 0.15) is 0 Å². The number of aromatic nitrogens is 1. The van der Waals surface area contributed by atoms with Crippen LogP contribution < -0.4 is 10.1 Å². The van der Waals surface area contributed by atoms with Gasteiger partial charge in [-0.2, -0.15) is 0 Å². The molecule has 0 spiro atoms. The summed E-state index contributed by atoms with van der Waals surface area (Å²) >= 11 is 1.34. The Morgan fingerprint density at radius 1 is 1.28 bits per heavy atom. The van der Waals surface area contributed by atoms with Crippen molar-refractivity contribution in [3.05, 3.63) is 41.8 Å². The Kier molecular flexibility index (Phi) is 2.70. The Balaban J connectivity index is 1.78. The molecule has 2 heterocycles. The van der Waals surface area contributed by atoms with E-state index in [0.29, 0.717) is 16.5 Å². The number of carbonyl (C=O) groups is 1. The van der Waals surface area contributed by atoms with Crippen molar-refractivity contribution in [1.29, 1.82) is 0 Å². The third-order valence-electron chi connectivity index (χ3n) is 2.29. The first-order chi connectivity index (χ1) is 8.83. The molecule has 1 amide bonds.